The number of fused-ring (bicyclic) bond motifs is 3. The summed E-state index contributed by atoms with van der Waals surface area (Å²) in [6.45, 7) is 0. The van der Waals surface area contributed by atoms with Gasteiger partial charge in [0.15, 0.2) is 0 Å². The zero-order valence-corrected chi connectivity index (χ0v) is 22.6. The van der Waals surface area contributed by atoms with Crippen molar-refractivity contribution >= 4 is 53.9 Å². The fourth-order valence-electron chi connectivity index (χ4n) is 6.60. The van der Waals surface area contributed by atoms with Crippen molar-refractivity contribution in [2.45, 2.75) is 0 Å². The normalized spacial score (nSPS) is 15.3. The molecule has 10 rings (SSSR count). The number of ether oxygens (including phenoxy) is 1. The van der Waals surface area contributed by atoms with Crippen LogP contribution in [0.4, 0.5) is 0 Å². The molecule has 1 aliphatic rings. The first kappa shape index (κ1) is 16.1. The second kappa shape index (κ2) is 8.44. The van der Waals surface area contributed by atoms with Crippen molar-refractivity contribution in [1.82, 2.24) is 0 Å². The van der Waals surface area contributed by atoms with E-state index < -0.39 is 24.2 Å². The summed E-state index contributed by atoms with van der Waals surface area (Å²) in [7, 11) is 0. The van der Waals surface area contributed by atoms with Crippen LogP contribution in [-0.4, -0.2) is 0 Å². The molecule has 0 unspecified atom stereocenters. The van der Waals surface area contributed by atoms with Crippen LogP contribution in [0.1, 0.15) is 12.3 Å². The van der Waals surface area contributed by atoms with Crippen LogP contribution in [0.3, 0.4) is 0 Å². The SMILES string of the molecule is [2H]c1c([2H])c2c([2H])c([2H])c3c([2H])c([2H])c(-c4ccc5cc(-c6ccc7c(c6)-c6cccc8cccc(c68)O7)ccc5c4)c4c([2H])c([2H])c(c1[2H])c2c34. The van der Waals surface area contributed by atoms with Crippen LogP contribution in [0.5, 0.6) is 11.5 Å². The minimum absolute atomic E-state index is 0.0307. The van der Waals surface area contributed by atoms with Crippen LogP contribution in [0, 0.1) is 0 Å². The van der Waals surface area contributed by atoms with Crippen molar-refractivity contribution in [1.29, 1.82) is 0 Å². The third kappa shape index (κ3) is 3.28. The van der Waals surface area contributed by atoms with Gasteiger partial charge in [-0.3, -0.25) is 0 Å². The minimum atomic E-state index is -0.487. The Bertz CT molecular complexity index is 3070. The van der Waals surface area contributed by atoms with Gasteiger partial charge in [0, 0.05) is 10.9 Å². The molecule has 1 heterocycles. The molecule has 0 bridgehead atoms. The average Bonchev–Trinajstić information content (AvgIpc) is 3.15. The number of hydrogen-bond donors (Lipinski definition) is 0. The monoisotopic (exact) mass is 553 g/mol. The standard InChI is InChI=1S/C42H24O/c1-4-26-10-11-28-16-19-34(36-20-17-27(5-1)40(26)42(28)36)33-15-14-29-22-30(12-13-31(29)23-33)32-18-21-38-37(24-32)35-8-2-6-25-7-3-9-39(43-38)41(25)35/h1-24H/i1D,4D,5D,10D,11D,16D,17D,19D,20D. The molecular weight excluding hydrogens is 520 g/mol. The van der Waals surface area contributed by atoms with E-state index in [4.69, 9.17) is 17.1 Å². The maximum absolute atomic E-state index is 9.13. The Morgan fingerprint density at radius 2 is 1.07 bits per heavy atom. The zero-order chi connectivity index (χ0) is 35.9. The molecule has 0 saturated heterocycles. The van der Waals surface area contributed by atoms with Crippen LogP contribution >= 0.6 is 0 Å². The molecule has 1 nitrogen and oxygen atoms in total. The highest BCUT2D eigenvalue weighted by Crippen LogP contribution is 2.47. The molecule has 43 heavy (non-hydrogen) atoms. The Morgan fingerprint density at radius 3 is 1.93 bits per heavy atom. The average molecular weight is 554 g/mol. The van der Waals surface area contributed by atoms with Crippen LogP contribution in [0.15, 0.2) is 145 Å². The first-order valence-corrected chi connectivity index (χ1v) is 14.1. The highest BCUT2D eigenvalue weighted by molar-refractivity contribution is 6.25. The fraction of sp³-hybridized carbons (Fsp3) is 0. The summed E-state index contributed by atoms with van der Waals surface area (Å²) in [5.74, 6) is 1.64. The molecule has 0 aromatic heterocycles. The largest absolute Gasteiger partial charge is 0.456 e. The lowest BCUT2D eigenvalue weighted by Gasteiger charge is -2.22. The van der Waals surface area contributed by atoms with Crippen molar-refractivity contribution in [3.05, 3.63) is 145 Å². The smallest absolute Gasteiger partial charge is 0.135 e. The van der Waals surface area contributed by atoms with Gasteiger partial charge in [-0.1, -0.05) is 115 Å². The molecule has 1 aliphatic heterocycles. The van der Waals surface area contributed by atoms with Gasteiger partial charge < -0.3 is 4.74 Å². The van der Waals surface area contributed by atoms with E-state index in [9.17, 15) is 0 Å². The van der Waals surface area contributed by atoms with Crippen molar-refractivity contribution in [3.8, 4) is 44.9 Å². The Balaban J connectivity index is 1.17. The van der Waals surface area contributed by atoms with Gasteiger partial charge in [-0.05, 0) is 107 Å². The first-order valence-electron chi connectivity index (χ1n) is 18.6. The van der Waals surface area contributed by atoms with Gasteiger partial charge >= 0.3 is 0 Å². The highest BCUT2D eigenvalue weighted by Gasteiger charge is 2.20. The van der Waals surface area contributed by atoms with Crippen molar-refractivity contribution < 1.29 is 17.1 Å². The van der Waals surface area contributed by atoms with E-state index in [0.717, 1.165) is 55.3 Å². The van der Waals surface area contributed by atoms with E-state index in [1.165, 1.54) is 0 Å². The number of rotatable bonds is 2. The molecule has 0 N–H and O–H groups in total. The summed E-state index contributed by atoms with van der Waals surface area (Å²) in [6, 6.07) is 27.0. The van der Waals surface area contributed by atoms with E-state index in [-0.39, 0.29) is 68.1 Å². The Morgan fingerprint density at radius 1 is 0.395 bits per heavy atom. The van der Waals surface area contributed by atoms with Gasteiger partial charge in [0.05, 0.1) is 12.3 Å². The third-order valence-corrected chi connectivity index (χ3v) is 8.63. The van der Waals surface area contributed by atoms with E-state index >= 15 is 0 Å². The van der Waals surface area contributed by atoms with E-state index in [1.807, 2.05) is 54.6 Å². The molecule has 0 atom stereocenters. The molecule has 9 aromatic rings. The third-order valence-electron chi connectivity index (χ3n) is 8.63. The predicted molar refractivity (Wildman–Crippen MR) is 182 cm³/mol. The van der Waals surface area contributed by atoms with Crippen LogP contribution in [-0.2, 0) is 0 Å². The highest BCUT2D eigenvalue weighted by atomic mass is 16.5. The molecule has 0 radical (unpaired) electrons. The van der Waals surface area contributed by atoms with E-state index in [0.29, 0.717) is 5.56 Å². The molecule has 0 saturated carbocycles. The topological polar surface area (TPSA) is 9.23 Å². The van der Waals surface area contributed by atoms with Crippen molar-refractivity contribution in [2.75, 3.05) is 0 Å². The van der Waals surface area contributed by atoms with Gasteiger partial charge in [-0.15, -0.1) is 0 Å². The molecule has 9 aromatic carbocycles. The second-order valence-electron chi connectivity index (χ2n) is 11.0. The number of hydrogen-bond acceptors (Lipinski definition) is 1. The van der Waals surface area contributed by atoms with Crippen molar-refractivity contribution in [3.63, 3.8) is 0 Å². The van der Waals surface area contributed by atoms with Crippen LogP contribution < -0.4 is 4.74 Å². The molecule has 0 aliphatic carbocycles. The summed E-state index contributed by atoms with van der Waals surface area (Å²) in [4.78, 5) is 0. The zero-order valence-electron chi connectivity index (χ0n) is 31.6. The minimum Gasteiger partial charge on any atom is -0.456 e. The van der Waals surface area contributed by atoms with Gasteiger partial charge in [0.2, 0.25) is 0 Å². The Labute approximate surface area is 261 Å². The van der Waals surface area contributed by atoms with Crippen LogP contribution in [0.2, 0.25) is 0 Å². The quantitative estimate of drug-likeness (QED) is 0.193. The Hall–Kier alpha value is -5.66. The van der Waals surface area contributed by atoms with Gasteiger partial charge in [0.1, 0.15) is 11.5 Å². The van der Waals surface area contributed by atoms with Gasteiger partial charge in [-0.2, -0.15) is 0 Å². The van der Waals surface area contributed by atoms with Gasteiger partial charge in [0.25, 0.3) is 0 Å². The molecule has 0 amide bonds. The molecule has 0 fully saturated rings. The molecule has 1 heteroatoms. The maximum Gasteiger partial charge on any atom is 0.135 e. The lowest BCUT2D eigenvalue weighted by Crippen LogP contribution is -1.97. The Kier molecular flexibility index (Phi) is 3.16. The lowest BCUT2D eigenvalue weighted by atomic mass is 9.89. The summed E-state index contributed by atoms with van der Waals surface area (Å²) >= 11 is 0. The summed E-state index contributed by atoms with van der Waals surface area (Å²) < 4.78 is 85.6. The number of benzene rings is 9. The lowest BCUT2D eigenvalue weighted by molar-refractivity contribution is 0.487. The molecule has 198 valence electrons. The van der Waals surface area contributed by atoms with E-state index in [1.54, 1.807) is 0 Å². The summed E-state index contributed by atoms with van der Waals surface area (Å²) in [5.41, 5.74) is 4.93. The van der Waals surface area contributed by atoms with Crippen LogP contribution in [0.25, 0.3) is 87.2 Å². The maximum atomic E-state index is 9.13. The second-order valence-corrected chi connectivity index (χ2v) is 11.0. The summed E-state index contributed by atoms with van der Waals surface area (Å²) in [5, 5.41) is 4.35. The van der Waals surface area contributed by atoms with Crippen molar-refractivity contribution in [2.24, 2.45) is 0 Å². The fourth-order valence-corrected chi connectivity index (χ4v) is 6.60. The summed E-state index contributed by atoms with van der Waals surface area (Å²) in [6.07, 6.45) is 0. The molecule has 0 spiro atoms. The first-order chi connectivity index (χ1) is 25.0. The van der Waals surface area contributed by atoms with Gasteiger partial charge in [-0.25, -0.2) is 0 Å². The molecular formula is C42H24O. The predicted octanol–water partition coefficient (Wildman–Crippen LogP) is 12.0. The van der Waals surface area contributed by atoms with E-state index in [2.05, 4.69) is 36.4 Å².